The summed E-state index contributed by atoms with van der Waals surface area (Å²) in [6.07, 6.45) is 7.27. The SMILES string of the molecule is COC(=O)c1ccc2cc(C3CCC4CC(C)CCC4C3)cc(F)c2c1F. The van der Waals surface area contributed by atoms with Crippen LogP contribution in [0.25, 0.3) is 10.8 Å². The van der Waals surface area contributed by atoms with Gasteiger partial charge in [0, 0.05) is 0 Å². The topological polar surface area (TPSA) is 26.3 Å². The fourth-order valence-corrected chi connectivity index (χ4v) is 5.32. The number of carbonyl (C=O) groups excluding carboxylic acids is 1. The Kier molecular flexibility index (Phi) is 4.92. The highest BCUT2D eigenvalue weighted by Gasteiger charge is 2.35. The van der Waals surface area contributed by atoms with Gasteiger partial charge in [0.15, 0.2) is 0 Å². The summed E-state index contributed by atoms with van der Waals surface area (Å²) in [4.78, 5) is 11.7. The maximum atomic E-state index is 14.8. The Morgan fingerprint density at radius 2 is 1.78 bits per heavy atom. The zero-order valence-corrected chi connectivity index (χ0v) is 15.9. The van der Waals surface area contributed by atoms with Crippen molar-refractivity contribution in [2.75, 3.05) is 7.11 Å². The molecule has 0 radical (unpaired) electrons. The first-order valence-electron chi connectivity index (χ1n) is 9.98. The molecule has 2 aliphatic rings. The molecule has 0 amide bonds. The third-order valence-corrected chi connectivity index (χ3v) is 6.78. The summed E-state index contributed by atoms with van der Waals surface area (Å²) in [5, 5.41) is 0.386. The van der Waals surface area contributed by atoms with Crippen molar-refractivity contribution in [1.82, 2.24) is 0 Å². The van der Waals surface area contributed by atoms with Crippen LogP contribution in [0, 0.1) is 29.4 Å². The van der Waals surface area contributed by atoms with Crippen LogP contribution >= 0.6 is 0 Å². The molecule has 0 aliphatic heterocycles. The van der Waals surface area contributed by atoms with E-state index in [4.69, 9.17) is 0 Å². The summed E-state index contributed by atoms with van der Waals surface area (Å²) in [7, 11) is 1.19. The van der Waals surface area contributed by atoms with Crippen molar-refractivity contribution in [2.24, 2.45) is 17.8 Å². The number of esters is 1. The van der Waals surface area contributed by atoms with Gasteiger partial charge in [0.05, 0.1) is 18.1 Å². The van der Waals surface area contributed by atoms with E-state index in [1.54, 1.807) is 6.07 Å². The highest BCUT2D eigenvalue weighted by atomic mass is 19.1. The van der Waals surface area contributed by atoms with Gasteiger partial charge in [-0.2, -0.15) is 0 Å². The number of ether oxygens (including phenoxy) is 1. The summed E-state index contributed by atoms with van der Waals surface area (Å²) in [5.41, 5.74) is 0.732. The first-order valence-corrected chi connectivity index (χ1v) is 9.98. The second kappa shape index (κ2) is 7.21. The van der Waals surface area contributed by atoms with Gasteiger partial charge in [-0.25, -0.2) is 13.6 Å². The van der Waals surface area contributed by atoms with Crippen LogP contribution in [0.5, 0.6) is 0 Å². The monoisotopic (exact) mass is 372 g/mol. The quantitative estimate of drug-likeness (QED) is 0.585. The maximum Gasteiger partial charge on any atom is 0.340 e. The van der Waals surface area contributed by atoms with E-state index in [1.807, 2.05) is 6.07 Å². The minimum atomic E-state index is -0.839. The first-order chi connectivity index (χ1) is 13.0. The summed E-state index contributed by atoms with van der Waals surface area (Å²) in [6.45, 7) is 2.35. The van der Waals surface area contributed by atoms with Crippen molar-refractivity contribution >= 4 is 16.7 Å². The average Bonchev–Trinajstić information content (AvgIpc) is 2.66. The van der Waals surface area contributed by atoms with Crippen molar-refractivity contribution < 1.29 is 18.3 Å². The number of rotatable bonds is 2. The molecule has 2 aromatic rings. The lowest BCUT2D eigenvalue weighted by Crippen LogP contribution is -2.29. The second-order valence-corrected chi connectivity index (χ2v) is 8.47. The molecule has 2 nitrogen and oxygen atoms in total. The van der Waals surface area contributed by atoms with Crippen LogP contribution < -0.4 is 0 Å². The van der Waals surface area contributed by atoms with E-state index in [0.29, 0.717) is 11.3 Å². The fraction of sp³-hybridized carbons (Fsp3) is 0.522. The van der Waals surface area contributed by atoms with Crippen molar-refractivity contribution in [1.29, 1.82) is 0 Å². The predicted octanol–water partition coefficient (Wildman–Crippen LogP) is 6.22. The van der Waals surface area contributed by atoms with Crippen LogP contribution in [0.2, 0.25) is 0 Å². The van der Waals surface area contributed by atoms with Gasteiger partial charge < -0.3 is 4.74 Å². The molecular formula is C23H26F2O2. The maximum absolute atomic E-state index is 14.8. The molecule has 27 heavy (non-hydrogen) atoms. The Bertz CT molecular complexity index is 876. The second-order valence-electron chi connectivity index (χ2n) is 8.47. The lowest BCUT2D eigenvalue weighted by molar-refractivity contribution is 0.0596. The van der Waals surface area contributed by atoms with Gasteiger partial charge in [-0.1, -0.05) is 25.5 Å². The third kappa shape index (κ3) is 3.35. The molecule has 0 heterocycles. The minimum absolute atomic E-state index is 0.123. The predicted molar refractivity (Wildman–Crippen MR) is 102 cm³/mol. The van der Waals surface area contributed by atoms with Crippen LogP contribution in [-0.2, 0) is 4.74 Å². The molecule has 0 aromatic heterocycles. The van der Waals surface area contributed by atoms with Crippen LogP contribution in [-0.4, -0.2) is 13.1 Å². The average molecular weight is 372 g/mol. The van der Waals surface area contributed by atoms with E-state index < -0.39 is 17.6 Å². The number of carbonyl (C=O) groups is 1. The zero-order valence-electron chi connectivity index (χ0n) is 15.9. The molecule has 0 N–H and O–H groups in total. The molecule has 4 heteroatoms. The molecule has 144 valence electrons. The van der Waals surface area contributed by atoms with Crippen molar-refractivity contribution in [3.63, 3.8) is 0 Å². The van der Waals surface area contributed by atoms with E-state index in [0.717, 1.165) is 36.2 Å². The Morgan fingerprint density at radius 3 is 2.56 bits per heavy atom. The van der Waals surface area contributed by atoms with Crippen LogP contribution in [0.3, 0.4) is 0 Å². The number of methoxy groups -OCH3 is 1. The van der Waals surface area contributed by atoms with Gasteiger partial charge in [-0.15, -0.1) is 0 Å². The smallest absolute Gasteiger partial charge is 0.340 e. The lowest BCUT2D eigenvalue weighted by atomic mass is 9.64. The summed E-state index contributed by atoms with van der Waals surface area (Å²) in [5.74, 6) is 0.489. The normalized spacial score (nSPS) is 28.0. The van der Waals surface area contributed by atoms with Gasteiger partial charge in [-0.05, 0) is 78.9 Å². The van der Waals surface area contributed by atoms with Crippen LogP contribution in [0.1, 0.15) is 67.3 Å². The van der Waals surface area contributed by atoms with Crippen molar-refractivity contribution in [3.8, 4) is 0 Å². The number of benzene rings is 2. The molecule has 2 aliphatic carbocycles. The lowest BCUT2D eigenvalue weighted by Gasteiger charge is -2.41. The minimum Gasteiger partial charge on any atom is -0.465 e. The van der Waals surface area contributed by atoms with Crippen LogP contribution in [0.4, 0.5) is 8.78 Å². The number of hydrogen-bond acceptors (Lipinski definition) is 2. The Labute approximate surface area is 158 Å². The van der Waals surface area contributed by atoms with E-state index in [9.17, 15) is 13.6 Å². The van der Waals surface area contributed by atoms with E-state index in [2.05, 4.69) is 11.7 Å². The summed E-state index contributed by atoms with van der Waals surface area (Å²) < 4.78 is 34.0. The first kappa shape index (κ1) is 18.4. The Balaban J connectivity index is 1.65. The molecule has 4 rings (SSSR count). The van der Waals surface area contributed by atoms with E-state index in [1.165, 1.54) is 44.9 Å². The molecule has 4 unspecified atom stereocenters. The number of hydrogen-bond donors (Lipinski definition) is 0. The van der Waals surface area contributed by atoms with Gasteiger partial charge in [0.25, 0.3) is 0 Å². The van der Waals surface area contributed by atoms with Crippen molar-refractivity contribution in [3.05, 3.63) is 47.0 Å². The molecule has 2 saturated carbocycles. The van der Waals surface area contributed by atoms with Gasteiger partial charge in [-0.3, -0.25) is 0 Å². The zero-order chi connectivity index (χ0) is 19.1. The molecule has 0 bridgehead atoms. The van der Waals surface area contributed by atoms with E-state index >= 15 is 0 Å². The highest BCUT2D eigenvalue weighted by Crippen LogP contribution is 2.48. The molecule has 0 saturated heterocycles. The Morgan fingerprint density at radius 1 is 1.04 bits per heavy atom. The number of halogens is 2. The van der Waals surface area contributed by atoms with Crippen molar-refractivity contribution in [2.45, 2.75) is 51.4 Å². The Hall–Kier alpha value is -1.97. The molecule has 2 fully saturated rings. The fourth-order valence-electron chi connectivity index (χ4n) is 5.32. The van der Waals surface area contributed by atoms with Crippen LogP contribution in [0.15, 0.2) is 24.3 Å². The van der Waals surface area contributed by atoms with Gasteiger partial charge >= 0.3 is 5.97 Å². The van der Waals surface area contributed by atoms with E-state index in [-0.39, 0.29) is 10.9 Å². The molecular weight excluding hydrogens is 346 g/mol. The number of fused-ring (bicyclic) bond motifs is 2. The third-order valence-electron chi connectivity index (χ3n) is 6.78. The standard InChI is InChI=1S/C23H26F2O2/c1-13-3-4-15-10-16(6-5-14(15)9-13)18-11-17-7-8-19(23(26)27-2)22(25)21(17)20(24)12-18/h7-8,11-16H,3-6,9-10H2,1-2H3. The molecule has 0 spiro atoms. The van der Waals surface area contributed by atoms with Gasteiger partial charge in [0.1, 0.15) is 11.6 Å². The molecule has 4 atom stereocenters. The summed E-state index contributed by atoms with van der Waals surface area (Å²) >= 11 is 0. The largest absolute Gasteiger partial charge is 0.465 e. The highest BCUT2D eigenvalue weighted by molar-refractivity contribution is 5.96. The summed E-state index contributed by atoms with van der Waals surface area (Å²) in [6, 6.07) is 6.37. The molecule has 2 aromatic carbocycles. The van der Waals surface area contributed by atoms with Gasteiger partial charge in [0.2, 0.25) is 0 Å².